The minimum atomic E-state index is 0.354. The molecule has 2 aliphatic rings. The van der Waals surface area contributed by atoms with Crippen LogP contribution in [-0.2, 0) is 4.74 Å². The molecule has 68 valence electrons. The van der Waals surface area contributed by atoms with Crippen molar-refractivity contribution in [3.05, 3.63) is 12.2 Å². The maximum atomic E-state index is 5.45. The quantitative estimate of drug-likeness (QED) is 0.550. The van der Waals surface area contributed by atoms with E-state index >= 15 is 0 Å². The molecule has 0 radical (unpaired) electrons. The van der Waals surface area contributed by atoms with Gasteiger partial charge >= 0.3 is 0 Å². The molecule has 1 fully saturated rings. The molecule has 2 heteroatoms. The third-order valence-electron chi connectivity index (χ3n) is 3.22. The summed E-state index contributed by atoms with van der Waals surface area (Å²) in [5.41, 5.74) is 0.354. The molecule has 0 amide bonds. The normalized spacial score (nSPS) is 41.9. The molecule has 0 saturated carbocycles. The highest BCUT2D eigenvalue weighted by atomic mass is 16.5. The molecule has 2 heterocycles. The predicted molar refractivity (Wildman–Crippen MR) is 49.1 cm³/mol. The minimum Gasteiger partial charge on any atom is -0.381 e. The summed E-state index contributed by atoms with van der Waals surface area (Å²) in [6.07, 6.45) is 6.86. The van der Waals surface area contributed by atoms with E-state index in [1.54, 1.807) is 0 Å². The van der Waals surface area contributed by atoms with Gasteiger partial charge in [0.25, 0.3) is 0 Å². The smallest absolute Gasteiger partial charge is 0.0509 e. The van der Waals surface area contributed by atoms with Gasteiger partial charge in [-0.15, -0.1) is 0 Å². The van der Waals surface area contributed by atoms with Crippen LogP contribution in [0.3, 0.4) is 0 Å². The van der Waals surface area contributed by atoms with Crippen LogP contribution < -0.4 is 5.32 Å². The van der Waals surface area contributed by atoms with Crippen molar-refractivity contribution in [1.82, 2.24) is 5.32 Å². The molecule has 0 aromatic heterocycles. The highest BCUT2D eigenvalue weighted by molar-refractivity contribution is 5.06. The third-order valence-corrected chi connectivity index (χ3v) is 3.22. The Morgan fingerprint density at radius 2 is 2.42 bits per heavy atom. The summed E-state index contributed by atoms with van der Waals surface area (Å²) in [7, 11) is 0. The lowest BCUT2D eigenvalue weighted by molar-refractivity contribution is -0.00574. The van der Waals surface area contributed by atoms with Crippen molar-refractivity contribution >= 4 is 0 Å². The van der Waals surface area contributed by atoms with E-state index in [2.05, 4.69) is 24.4 Å². The molecule has 1 spiro atoms. The van der Waals surface area contributed by atoms with E-state index in [4.69, 9.17) is 4.74 Å². The molecule has 1 saturated heterocycles. The molecule has 1 N–H and O–H groups in total. The van der Waals surface area contributed by atoms with E-state index in [9.17, 15) is 0 Å². The zero-order valence-corrected chi connectivity index (χ0v) is 7.68. The third kappa shape index (κ3) is 1.29. The van der Waals surface area contributed by atoms with Crippen LogP contribution in [0, 0.1) is 5.92 Å². The molecule has 2 nitrogen and oxygen atoms in total. The van der Waals surface area contributed by atoms with Crippen molar-refractivity contribution in [3.63, 3.8) is 0 Å². The standard InChI is InChI=1S/C10H17NO/c1-9-8-12-7-5-10(9)4-2-3-6-11-10/h2-3,9,11H,4-8H2,1H3/t9-,10+/m0/s1. The molecule has 0 bridgehead atoms. The summed E-state index contributed by atoms with van der Waals surface area (Å²) in [5, 5.41) is 3.62. The minimum absolute atomic E-state index is 0.354. The van der Waals surface area contributed by atoms with E-state index in [0.29, 0.717) is 11.5 Å². The van der Waals surface area contributed by atoms with Crippen LogP contribution in [0.25, 0.3) is 0 Å². The summed E-state index contributed by atoms with van der Waals surface area (Å²) in [6, 6.07) is 0. The van der Waals surface area contributed by atoms with Gasteiger partial charge in [-0.25, -0.2) is 0 Å². The second-order valence-electron chi connectivity index (χ2n) is 3.94. The first kappa shape index (κ1) is 8.27. The van der Waals surface area contributed by atoms with Crippen LogP contribution >= 0.6 is 0 Å². The number of hydrogen-bond acceptors (Lipinski definition) is 2. The molecule has 0 aromatic carbocycles. The second-order valence-corrected chi connectivity index (χ2v) is 3.94. The first-order valence-corrected chi connectivity index (χ1v) is 4.81. The average molecular weight is 167 g/mol. The van der Waals surface area contributed by atoms with E-state index in [1.807, 2.05) is 0 Å². The largest absolute Gasteiger partial charge is 0.381 e. The Hall–Kier alpha value is -0.340. The number of ether oxygens (including phenoxy) is 1. The lowest BCUT2D eigenvalue weighted by Crippen LogP contribution is -2.56. The van der Waals surface area contributed by atoms with Crippen LogP contribution in [0.5, 0.6) is 0 Å². The van der Waals surface area contributed by atoms with Crippen LogP contribution in [0.15, 0.2) is 12.2 Å². The van der Waals surface area contributed by atoms with E-state index in [1.165, 1.54) is 12.8 Å². The molecular weight excluding hydrogens is 150 g/mol. The Balaban J connectivity index is 2.10. The van der Waals surface area contributed by atoms with Gasteiger partial charge in [-0.1, -0.05) is 19.1 Å². The first-order chi connectivity index (χ1) is 5.83. The van der Waals surface area contributed by atoms with Crippen molar-refractivity contribution < 1.29 is 4.74 Å². The SMILES string of the molecule is C[C@H]1COCC[C@]12CC=CCN2. The van der Waals surface area contributed by atoms with Crippen molar-refractivity contribution in [1.29, 1.82) is 0 Å². The van der Waals surface area contributed by atoms with Gasteiger partial charge in [-0.05, 0) is 18.8 Å². The summed E-state index contributed by atoms with van der Waals surface area (Å²) in [6.45, 7) is 5.15. The van der Waals surface area contributed by atoms with Gasteiger partial charge in [0.05, 0.1) is 6.61 Å². The Labute approximate surface area is 74.0 Å². The Kier molecular flexibility index (Phi) is 2.20. The van der Waals surface area contributed by atoms with Crippen molar-refractivity contribution in [2.45, 2.75) is 25.3 Å². The summed E-state index contributed by atoms with van der Waals surface area (Å²) >= 11 is 0. The van der Waals surface area contributed by atoms with Gasteiger partial charge < -0.3 is 10.1 Å². The maximum absolute atomic E-state index is 5.45. The Morgan fingerprint density at radius 3 is 3.08 bits per heavy atom. The molecule has 2 aliphatic heterocycles. The number of hydrogen-bond donors (Lipinski definition) is 1. The monoisotopic (exact) mass is 167 g/mol. The zero-order valence-electron chi connectivity index (χ0n) is 7.68. The van der Waals surface area contributed by atoms with E-state index in [0.717, 1.165) is 19.8 Å². The maximum Gasteiger partial charge on any atom is 0.0509 e. The fraction of sp³-hybridized carbons (Fsp3) is 0.800. The summed E-state index contributed by atoms with van der Waals surface area (Å²) < 4.78 is 5.45. The Morgan fingerprint density at radius 1 is 1.50 bits per heavy atom. The predicted octanol–water partition coefficient (Wildman–Crippen LogP) is 1.33. The van der Waals surface area contributed by atoms with Crippen LogP contribution in [-0.4, -0.2) is 25.3 Å². The lowest BCUT2D eigenvalue weighted by Gasteiger charge is -2.44. The van der Waals surface area contributed by atoms with E-state index in [-0.39, 0.29) is 0 Å². The fourth-order valence-corrected chi connectivity index (χ4v) is 2.20. The van der Waals surface area contributed by atoms with Gasteiger partial charge in [0.2, 0.25) is 0 Å². The highest BCUT2D eigenvalue weighted by Gasteiger charge is 2.37. The highest BCUT2D eigenvalue weighted by Crippen LogP contribution is 2.31. The van der Waals surface area contributed by atoms with Crippen molar-refractivity contribution in [3.8, 4) is 0 Å². The van der Waals surface area contributed by atoms with Crippen LogP contribution in [0.1, 0.15) is 19.8 Å². The van der Waals surface area contributed by atoms with Crippen molar-refractivity contribution in [2.75, 3.05) is 19.8 Å². The van der Waals surface area contributed by atoms with Crippen LogP contribution in [0.2, 0.25) is 0 Å². The number of rotatable bonds is 0. The average Bonchev–Trinajstić information content (AvgIpc) is 2.12. The Bertz CT molecular complexity index is 190. The lowest BCUT2D eigenvalue weighted by atomic mass is 9.77. The molecule has 0 unspecified atom stereocenters. The zero-order chi connectivity index (χ0) is 8.44. The second kappa shape index (κ2) is 3.19. The number of nitrogens with one attached hydrogen (secondary N) is 1. The van der Waals surface area contributed by atoms with Gasteiger partial charge in [0, 0.05) is 18.7 Å². The molecule has 2 rings (SSSR count). The van der Waals surface area contributed by atoms with Gasteiger partial charge in [0.15, 0.2) is 0 Å². The van der Waals surface area contributed by atoms with Gasteiger partial charge in [-0.3, -0.25) is 0 Å². The molecule has 0 aromatic rings. The van der Waals surface area contributed by atoms with Crippen LogP contribution in [0.4, 0.5) is 0 Å². The van der Waals surface area contributed by atoms with Gasteiger partial charge in [0.1, 0.15) is 0 Å². The molecule has 2 atom stereocenters. The molecular formula is C10H17NO. The molecule has 12 heavy (non-hydrogen) atoms. The summed E-state index contributed by atoms with van der Waals surface area (Å²) in [4.78, 5) is 0. The first-order valence-electron chi connectivity index (χ1n) is 4.81. The molecule has 0 aliphatic carbocycles. The van der Waals surface area contributed by atoms with Crippen molar-refractivity contribution in [2.24, 2.45) is 5.92 Å². The van der Waals surface area contributed by atoms with Gasteiger partial charge in [-0.2, -0.15) is 0 Å². The summed E-state index contributed by atoms with van der Waals surface area (Å²) in [5.74, 6) is 0.649. The van der Waals surface area contributed by atoms with E-state index < -0.39 is 0 Å². The fourth-order valence-electron chi connectivity index (χ4n) is 2.20. The topological polar surface area (TPSA) is 21.3 Å².